The number of phenols is 1. The zero-order valence-corrected chi connectivity index (χ0v) is 8.01. The summed E-state index contributed by atoms with van der Waals surface area (Å²) in [6.45, 7) is 0. The highest BCUT2D eigenvalue weighted by Gasteiger charge is 2.08. The van der Waals surface area contributed by atoms with E-state index in [-0.39, 0.29) is 22.8 Å². The van der Waals surface area contributed by atoms with Gasteiger partial charge in [0.15, 0.2) is 0 Å². The lowest BCUT2D eigenvalue weighted by Gasteiger charge is -2.04. The Morgan fingerprint density at radius 1 is 1.44 bits per heavy atom. The molecule has 0 amide bonds. The van der Waals surface area contributed by atoms with E-state index >= 15 is 0 Å². The smallest absolute Gasteiger partial charge is 0.233 e. The summed E-state index contributed by atoms with van der Waals surface area (Å²) in [7, 11) is -2.66. The van der Waals surface area contributed by atoms with Gasteiger partial charge in [0.1, 0.15) is 11.6 Å². The summed E-state index contributed by atoms with van der Waals surface area (Å²) in [4.78, 5) is 0. The molecule has 1 aromatic carbocycles. The maximum atomic E-state index is 13.6. The van der Waals surface area contributed by atoms with Gasteiger partial charge in [-0.1, -0.05) is 0 Å². The Kier molecular flexibility index (Phi) is 1.85. The third kappa shape index (κ3) is 1.93. The van der Waals surface area contributed by atoms with E-state index in [1.165, 1.54) is 24.4 Å². The van der Waals surface area contributed by atoms with Crippen molar-refractivity contribution in [1.29, 1.82) is 0 Å². The lowest BCUT2D eigenvalue weighted by molar-refractivity contribution is 0.392. The van der Waals surface area contributed by atoms with E-state index in [2.05, 4.69) is 14.9 Å². The molecule has 0 saturated carbocycles. The fourth-order valence-corrected chi connectivity index (χ4v) is 1.28. The van der Waals surface area contributed by atoms with Crippen molar-refractivity contribution in [3.05, 3.63) is 36.3 Å². The van der Waals surface area contributed by atoms with Gasteiger partial charge in [0.05, 0.1) is 17.3 Å². The Bertz CT molecular complexity index is 605. The number of hydrogen-bond donors (Lipinski definition) is 1. The van der Waals surface area contributed by atoms with E-state index in [9.17, 15) is 9.50 Å². The lowest BCUT2D eigenvalue weighted by atomic mass is 10.1. The molecule has 0 saturated heterocycles. The lowest BCUT2D eigenvalue weighted by Crippen LogP contribution is -1.92. The van der Waals surface area contributed by atoms with E-state index in [1.807, 2.05) is 0 Å². The average molecular weight is 223 g/mol. The largest absolute Gasteiger partial charge is 0.508 e. The van der Waals surface area contributed by atoms with Crippen molar-refractivity contribution in [2.75, 3.05) is 7.04 Å². The maximum Gasteiger partial charge on any atom is 0.233 e. The van der Waals surface area contributed by atoms with Crippen LogP contribution in [-0.2, 0) is 0 Å². The van der Waals surface area contributed by atoms with Crippen molar-refractivity contribution in [3.8, 4) is 22.8 Å². The highest BCUT2D eigenvalue weighted by molar-refractivity contribution is 5.65. The number of methoxy groups -OCH3 is 1. The van der Waals surface area contributed by atoms with Crippen LogP contribution >= 0.6 is 0 Å². The summed E-state index contributed by atoms with van der Waals surface area (Å²) in [6, 6.07) is 4.73. The van der Waals surface area contributed by atoms with Crippen molar-refractivity contribution in [1.82, 2.24) is 10.2 Å². The van der Waals surface area contributed by atoms with Crippen LogP contribution in [0.25, 0.3) is 11.1 Å². The number of aromatic hydroxyl groups is 1. The van der Waals surface area contributed by atoms with E-state index in [0.29, 0.717) is 0 Å². The van der Waals surface area contributed by atoms with Gasteiger partial charge in [-0.3, -0.25) is 0 Å². The second kappa shape index (κ2) is 4.14. The molecule has 0 atom stereocenters. The van der Waals surface area contributed by atoms with Crippen LogP contribution in [0.5, 0.6) is 11.6 Å². The molecule has 4 nitrogen and oxygen atoms in total. The number of nitrogens with zero attached hydrogens (tertiary/aromatic N) is 2. The molecule has 0 aliphatic carbocycles. The number of rotatable bonds is 2. The summed E-state index contributed by atoms with van der Waals surface area (Å²) >= 11 is 0. The predicted molar refractivity (Wildman–Crippen MR) is 55.6 cm³/mol. The van der Waals surface area contributed by atoms with E-state index < -0.39 is 12.9 Å². The Balaban J connectivity index is 2.40. The first-order valence-corrected chi connectivity index (χ1v) is 4.36. The van der Waals surface area contributed by atoms with Gasteiger partial charge in [0.2, 0.25) is 5.88 Å². The van der Waals surface area contributed by atoms with Crippen LogP contribution in [0, 0.1) is 5.82 Å². The monoisotopic (exact) mass is 223 g/mol. The van der Waals surface area contributed by atoms with Crippen LogP contribution in [-0.4, -0.2) is 22.3 Å². The zero-order valence-electron chi connectivity index (χ0n) is 11.0. The average Bonchev–Trinajstić information content (AvgIpc) is 2.30. The standard InChI is InChI=1S/C11H9FN2O2/c1-16-11-4-7(6-13-14-11)9-5-8(15)2-3-10(9)12/h2-6,15H,1H3/i1D3. The topological polar surface area (TPSA) is 55.2 Å². The number of hydrogen-bond acceptors (Lipinski definition) is 4. The molecular formula is C11H9FN2O2. The van der Waals surface area contributed by atoms with Crippen molar-refractivity contribution >= 4 is 0 Å². The predicted octanol–water partition coefficient (Wildman–Crippen LogP) is 2.00. The Hall–Kier alpha value is -2.17. The fourth-order valence-electron chi connectivity index (χ4n) is 1.28. The molecule has 1 N–H and O–H groups in total. The fraction of sp³-hybridized carbons (Fsp3) is 0.0909. The third-order valence-corrected chi connectivity index (χ3v) is 2.00. The Morgan fingerprint density at radius 2 is 2.31 bits per heavy atom. The number of benzene rings is 1. The van der Waals surface area contributed by atoms with Crippen LogP contribution in [0.2, 0.25) is 0 Å². The van der Waals surface area contributed by atoms with Gasteiger partial charge in [-0.15, -0.1) is 5.10 Å². The molecule has 0 bridgehead atoms. The second-order valence-electron chi connectivity index (χ2n) is 3.05. The van der Waals surface area contributed by atoms with E-state index in [1.54, 1.807) is 0 Å². The van der Waals surface area contributed by atoms with Crippen molar-refractivity contribution in [2.24, 2.45) is 0 Å². The zero-order chi connectivity index (χ0) is 14.0. The molecular weight excluding hydrogens is 211 g/mol. The normalized spacial score (nSPS) is 13.7. The number of halogens is 1. The molecule has 2 rings (SSSR count). The van der Waals surface area contributed by atoms with Gasteiger partial charge in [0.25, 0.3) is 0 Å². The first-order chi connectivity index (χ1) is 8.85. The van der Waals surface area contributed by atoms with Crippen LogP contribution in [0.4, 0.5) is 4.39 Å². The Morgan fingerprint density at radius 3 is 3.12 bits per heavy atom. The number of ether oxygens (including phenoxy) is 1. The first-order valence-electron chi connectivity index (χ1n) is 5.86. The molecule has 0 unspecified atom stereocenters. The summed E-state index contributed by atoms with van der Waals surface area (Å²) in [6.07, 6.45) is 1.24. The summed E-state index contributed by atoms with van der Waals surface area (Å²) < 4.78 is 39.0. The molecule has 16 heavy (non-hydrogen) atoms. The van der Waals surface area contributed by atoms with Crippen LogP contribution < -0.4 is 4.74 Å². The highest BCUT2D eigenvalue weighted by Crippen LogP contribution is 2.27. The van der Waals surface area contributed by atoms with E-state index in [4.69, 9.17) is 4.11 Å². The third-order valence-electron chi connectivity index (χ3n) is 2.00. The molecule has 2 aromatic rings. The van der Waals surface area contributed by atoms with Crippen molar-refractivity contribution in [3.63, 3.8) is 0 Å². The van der Waals surface area contributed by atoms with Crippen molar-refractivity contribution < 1.29 is 18.3 Å². The Labute approximate surface area is 95.5 Å². The van der Waals surface area contributed by atoms with Crippen LogP contribution in [0.1, 0.15) is 4.11 Å². The second-order valence-corrected chi connectivity index (χ2v) is 3.05. The molecule has 1 heterocycles. The molecule has 0 aliphatic rings. The molecule has 1 aromatic heterocycles. The van der Waals surface area contributed by atoms with Gasteiger partial charge >= 0.3 is 0 Å². The maximum absolute atomic E-state index is 13.6. The SMILES string of the molecule is [2H]C([2H])([2H])Oc1cc(-c2cc(O)ccc2F)cnn1. The molecule has 82 valence electrons. The summed E-state index contributed by atoms with van der Waals surface area (Å²) in [5, 5.41) is 16.4. The first kappa shape index (κ1) is 7.16. The molecule has 0 aliphatic heterocycles. The highest BCUT2D eigenvalue weighted by atomic mass is 19.1. The summed E-state index contributed by atoms with van der Waals surface area (Å²) in [5.41, 5.74) is 0.327. The minimum atomic E-state index is -2.66. The van der Waals surface area contributed by atoms with Gasteiger partial charge < -0.3 is 9.84 Å². The van der Waals surface area contributed by atoms with Crippen molar-refractivity contribution in [2.45, 2.75) is 0 Å². The minimum absolute atomic E-state index is 0.0743. The quantitative estimate of drug-likeness (QED) is 0.846. The van der Waals surface area contributed by atoms with Gasteiger partial charge in [-0.2, -0.15) is 5.10 Å². The molecule has 0 fully saturated rings. The molecule has 0 spiro atoms. The van der Waals surface area contributed by atoms with Crippen LogP contribution in [0.3, 0.4) is 0 Å². The molecule has 0 radical (unpaired) electrons. The van der Waals surface area contributed by atoms with Gasteiger partial charge in [0, 0.05) is 17.2 Å². The molecule has 5 heteroatoms. The van der Waals surface area contributed by atoms with Gasteiger partial charge in [-0.05, 0) is 18.2 Å². The number of aromatic nitrogens is 2. The van der Waals surface area contributed by atoms with E-state index in [0.717, 1.165) is 6.07 Å². The minimum Gasteiger partial charge on any atom is -0.508 e. The van der Waals surface area contributed by atoms with Gasteiger partial charge in [-0.25, -0.2) is 4.39 Å². The van der Waals surface area contributed by atoms with Crippen LogP contribution in [0.15, 0.2) is 30.5 Å². The number of phenolic OH excluding ortho intramolecular Hbond substituents is 1. The summed E-state index contributed by atoms with van der Waals surface area (Å²) in [5.74, 6) is -0.947.